The number of nitrogens with zero attached hydrogens (tertiary/aromatic N) is 6. The molecule has 8 nitrogen and oxygen atoms in total. The van der Waals surface area contributed by atoms with E-state index in [-0.39, 0.29) is 11.7 Å². The first kappa shape index (κ1) is 25.3. The quantitative estimate of drug-likeness (QED) is 0.188. The van der Waals surface area contributed by atoms with Gasteiger partial charge in [-0.2, -0.15) is 0 Å². The summed E-state index contributed by atoms with van der Waals surface area (Å²) in [5.74, 6) is 1.63. The normalized spacial score (nSPS) is 11.5. The van der Waals surface area contributed by atoms with Crippen LogP contribution in [-0.4, -0.2) is 41.0 Å². The number of anilines is 1. The molecule has 0 bridgehead atoms. The molecule has 1 amide bonds. The van der Waals surface area contributed by atoms with Gasteiger partial charge in [0, 0.05) is 52.0 Å². The molecule has 10 heteroatoms. The summed E-state index contributed by atoms with van der Waals surface area (Å²) in [6.07, 6.45) is 0. The fraction of sp³-hybridized carbons (Fsp3) is 0.296. The maximum Gasteiger partial charge on any atom is 0.234 e. The lowest BCUT2D eigenvalue weighted by Gasteiger charge is -2.08. The second-order valence-corrected chi connectivity index (χ2v) is 10.6. The topological polar surface area (TPSA) is 90.5 Å². The summed E-state index contributed by atoms with van der Waals surface area (Å²) in [4.78, 5) is 21.8. The molecule has 5 rings (SSSR count). The van der Waals surface area contributed by atoms with Crippen LogP contribution in [0.3, 0.4) is 0 Å². The predicted octanol–water partition coefficient (Wildman–Crippen LogP) is 5.86. The van der Waals surface area contributed by atoms with Crippen molar-refractivity contribution in [1.29, 1.82) is 0 Å². The first-order chi connectivity index (χ1) is 18.0. The van der Waals surface area contributed by atoms with E-state index in [0.29, 0.717) is 5.75 Å². The summed E-state index contributed by atoms with van der Waals surface area (Å²) in [5, 5.41) is 15.6. The number of nitrogens with one attached hydrogen (secondary N) is 1. The smallest absolute Gasteiger partial charge is 0.234 e. The zero-order valence-electron chi connectivity index (χ0n) is 21.4. The summed E-state index contributed by atoms with van der Waals surface area (Å²) in [7, 11) is 0. The molecule has 37 heavy (non-hydrogen) atoms. The highest BCUT2D eigenvalue weighted by Crippen LogP contribution is 2.31. The number of hydrogen-bond donors (Lipinski definition) is 1. The molecule has 5 aromatic rings. The van der Waals surface area contributed by atoms with Crippen LogP contribution in [0.15, 0.2) is 58.8 Å². The Balaban J connectivity index is 1.25. The third-order valence-electron chi connectivity index (χ3n) is 6.11. The van der Waals surface area contributed by atoms with E-state index in [0.717, 1.165) is 51.7 Å². The average molecular weight is 532 g/mol. The van der Waals surface area contributed by atoms with Crippen molar-refractivity contribution < 1.29 is 4.79 Å². The Hall–Kier alpha value is -3.37. The molecule has 3 heterocycles. The lowest BCUT2D eigenvalue weighted by atomic mass is 10.1. The Bertz CT molecular complexity index is 1570. The fourth-order valence-electron chi connectivity index (χ4n) is 4.54. The van der Waals surface area contributed by atoms with E-state index < -0.39 is 0 Å². The Labute approximate surface area is 224 Å². The van der Waals surface area contributed by atoms with Crippen LogP contribution >= 0.6 is 23.5 Å². The molecule has 0 saturated heterocycles. The van der Waals surface area contributed by atoms with Gasteiger partial charge in [0.25, 0.3) is 0 Å². The van der Waals surface area contributed by atoms with Gasteiger partial charge in [0.15, 0.2) is 10.3 Å². The van der Waals surface area contributed by atoms with Crippen LogP contribution in [0.2, 0.25) is 0 Å². The third kappa shape index (κ3) is 5.35. The highest BCUT2D eigenvalue weighted by Gasteiger charge is 2.15. The van der Waals surface area contributed by atoms with Crippen LogP contribution < -0.4 is 5.32 Å². The van der Waals surface area contributed by atoms with Crippen molar-refractivity contribution in [3.63, 3.8) is 0 Å². The van der Waals surface area contributed by atoms with E-state index in [4.69, 9.17) is 0 Å². The Morgan fingerprint density at radius 3 is 2.35 bits per heavy atom. The van der Waals surface area contributed by atoms with Crippen molar-refractivity contribution >= 4 is 56.9 Å². The number of hydrogen-bond acceptors (Lipinski definition) is 7. The summed E-state index contributed by atoms with van der Waals surface area (Å²) in [5.41, 5.74) is 5.06. The lowest BCUT2D eigenvalue weighted by molar-refractivity contribution is -0.113. The van der Waals surface area contributed by atoms with E-state index in [1.807, 2.05) is 30.5 Å². The van der Waals surface area contributed by atoms with Gasteiger partial charge in [-0.05, 0) is 58.0 Å². The number of aryl methyl sites for hydroxylation is 3. The highest BCUT2D eigenvalue weighted by atomic mass is 32.2. The van der Waals surface area contributed by atoms with Crippen LogP contribution in [0.5, 0.6) is 0 Å². The van der Waals surface area contributed by atoms with Gasteiger partial charge in [-0.25, -0.2) is 9.97 Å². The largest absolute Gasteiger partial charge is 0.341 e. The Kier molecular flexibility index (Phi) is 7.48. The van der Waals surface area contributed by atoms with Crippen LogP contribution in [0.25, 0.3) is 21.8 Å². The SMILES string of the molecule is CCn1c(CSc2nc(C)cc(C)n2)nnc1SCC(=O)Nc1ccc2c(c1)c1ccccc1n2CC. The molecule has 0 radical (unpaired) electrons. The molecule has 2 aromatic carbocycles. The second kappa shape index (κ2) is 10.9. The fourth-order valence-corrected chi connectivity index (χ4v) is 6.25. The monoisotopic (exact) mass is 531 g/mol. The Morgan fingerprint density at radius 1 is 0.865 bits per heavy atom. The lowest BCUT2D eigenvalue weighted by Crippen LogP contribution is -2.14. The maximum absolute atomic E-state index is 12.8. The first-order valence-electron chi connectivity index (χ1n) is 12.3. The molecule has 0 spiro atoms. The van der Waals surface area contributed by atoms with Gasteiger partial charge < -0.3 is 14.5 Å². The summed E-state index contributed by atoms with van der Waals surface area (Å²) in [6, 6.07) is 16.4. The minimum atomic E-state index is -0.0752. The average Bonchev–Trinajstić information content (AvgIpc) is 3.43. The molecule has 0 atom stereocenters. The van der Waals surface area contributed by atoms with Crippen molar-refractivity contribution in [2.75, 3.05) is 11.1 Å². The molecule has 0 unspecified atom stereocenters. The number of carbonyl (C=O) groups excluding carboxylic acids is 1. The molecule has 0 saturated carbocycles. The van der Waals surface area contributed by atoms with Crippen molar-refractivity contribution in [2.45, 2.75) is 56.9 Å². The molecule has 0 aliphatic carbocycles. The van der Waals surface area contributed by atoms with Gasteiger partial charge in [0.05, 0.1) is 11.5 Å². The van der Waals surface area contributed by atoms with Crippen LogP contribution in [0.1, 0.15) is 31.1 Å². The Morgan fingerprint density at radius 2 is 1.59 bits per heavy atom. The molecule has 190 valence electrons. The number of aromatic nitrogens is 6. The molecular formula is C27H29N7OS2. The standard InChI is InChI=1S/C27H29N7OS2/c1-5-33-22-10-8-7-9-20(22)21-14-19(11-12-23(21)33)30-25(35)16-37-27-32-31-24(34(27)6-2)15-36-26-28-17(3)13-18(4)29-26/h7-14H,5-6,15-16H2,1-4H3,(H,30,35). The molecular weight excluding hydrogens is 502 g/mol. The van der Waals surface area contributed by atoms with Crippen molar-refractivity contribution in [3.8, 4) is 0 Å². The number of amides is 1. The number of carbonyl (C=O) groups is 1. The van der Waals surface area contributed by atoms with Crippen LogP contribution in [-0.2, 0) is 23.6 Å². The van der Waals surface area contributed by atoms with Gasteiger partial charge in [0.2, 0.25) is 5.91 Å². The molecule has 0 fully saturated rings. The van der Waals surface area contributed by atoms with E-state index in [9.17, 15) is 4.79 Å². The number of para-hydroxylation sites is 1. The van der Waals surface area contributed by atoms with E-state index in [1.165, 1.54) is 39.9 Å². The van der Waals surface area contributed by atoms with Crippen LogP contribution in [0, 0.1) is 13.8 Å². The summed E-state index contributed by atoms with van der Waals surface area (Å²) >= 11 is 2.93. The summed E-state index contributed by atoms with van der Waals surface area (Å²) < 4.78 is 4.34. The van der Waals surface area contributed by atoms with Gasteiger partial charge in [-0.15, -0.1) is 10.2 Å². The zero-order valence-corrected chi connectivity index (χ0v) is 23.0. The first-order valence-corrected chi connectivity index (χ1v) is 14.2. The predicted molar refractivity (Wildman–Crippen MR) is 151 cm³/mol. The third-order valence-corrected chi connectivity index (χ3v) is 7.92. The molecule has 0 aliphatic rings. The van der Waals surface area contributed by atoms with Gasteiger partial charge in [-0.3, -0.25) is 4.79 Å². The van der Waals surface area contributed by atoms with Gasteiger partial charge in [-0.1, -0.05) is 41.7 Å². The minimum Gasteiger partial charge on any atom is -0.341 e. The van der Waals surface area contributed by atoms with Crippen molar-refractivity contribution in [2.24, 2.45) is 0 Å². The number of benzene rings is 2. The molecule has 0 aliphatic heterocycles. The van der Waals surface area contributed by atoms with E-state index >= 15 is 0 Å². The van der Waals surface area contributed by atoms with E-state index in [2.05, 4.69) is 80.3 Å². The second-order valence-electron chi connectivity index (χ2n) is 8.70. The van der Waals surface area contributed by atoms with Gasteiger partial charge in [0.1, 0.15) is 5.82 Å². The minimum absolute atomic E-state index is 0.0752. The van der Waals surface area contributed by atoms with Gasteiger partial charge >= 0.3 is 0 Å². The highest BCUT2D eigenvalue weighted by molar-refractivity contribution is 7.99. The summed E-state index contributed by atoms with van der Waals surface area (Å²) in [6.45, 7) is 9.75. The van der Waals surface area contributed by atoms with E-state index in [1.54, 1.807) is 0 Å². The molecule has 1 N–H and O–H groups in total. The number of rotatable bonds is 9. The number of fused-ring (bicyclic) bond motifs is 3. The maximum atomic E-state index is 12.8. The van der Waals surface area contributed by atoms with Crippen molar-refractivity contribution in [3.05, 3.63) is 65.7 Å². The van der Waals surface area contributed by atoms with Crippen LogP contribution in [0.4, 0.5) is 5.69 Å². The van der Waals surface area contributed by atoms with Crippen molar-refractivity contribution in [1.82, 2.24) is 29.3 Å². The molecule has 3 aromatic heterocycles. The number of thioether (sulfide) groups is 2. The zero-order chi connectivity index (χ0) is 25.9.